The molecule has 0 aliphatic carbocycles. The van der Waals surface area contributed by atoms with Crippen LogP contribution in [0, 0.1) is 5.62 Å². The number of benzene rings is 1. The van der Waals surface area contributed by atoms with Gasteiger partial charge in [-0.3, -0.25) is 0 Å². The summed E-state index contributed by atoms with van der Waals surface area (Å²) in [7, 11) is -1.65. The summed E-state index contributed by atoms with van der Waals surface area (Å²) in [5.74, 6) is 0. The Labute approximate surface area is 157 Å². The Hall–Kier alpha value is 0.602. The van der Waals surface area contributed by atoms with Gasteiger partial charge in [0.2, 0.25) is 0 Å². The summed E-state index contributed by atoms with van der Waals surface area (Å²) in [6.07, 6.45) is 0. The Kier molecular flexibility index (Phi) is 7.43. The van der Waals surface area contributed by atoms with Crippen LogP contribution in [0.3, 0.4) is 0 Å². The van der Waals surface area contributed by atoms with Crippen LogP contribution in [-0.4, -0.2) is 10.3 Å². The molecule has 130 valence electrons. The van der Waals surface area contributed by atoms with Crippen molar-refractivity contribution in [3.05, 3.63) is 35.5 Å². The number of rotatable bonds is 2. The molecule has 0 amide bonds. The van der Waals surface area contributed by atoms with E-state index < -0.39 is 7.26 Å². The summed E-state index contributed by atoms with van der Waals surface area (Å²) in [6, 6.07) is 9.10. The van der Waals surface area contributed by atoms with Crippen molar-refractivity contribution in [3.8, 4) is 0 Å². The molecule has 3 heteroatoms. The third-order valence-corrected chi connectivity index (χ3v) is 10.9. The molecule has 0 heterocycles. The Morgan fingerprint density at radius 2 is 1.32 bits per heavy atom. The van der Waals surface area contributed by atoms with E-state index in [0.29, 0.717) is 0 Å². The fourth-order valence-electron chi connectivity index (χ4n) is 3.32. The van der Waals surface area contributed by atoms with Crippen molar-refractivity contribution in [1.29, 1.82) is 0 Å². The van der Waals surface area contributed by atoms with Gasteiger partial charge in [-0.1, -0.05) is 45.8 Å². The molecule has 1 aromatic carbocycles. The molecular weight excluding hydrogens is 401 g/mol. The van der Waals surface area contributed by atoms with Crippen molar-refractivity contribution < 1.29 is 20.4 Å². The smallest absolute Gasteiger partial charge is 0.0672 e. The summed E-state index contributed by atoms with van der Waals surface area (Å²) < 4.78 is 0. The summed E-state index contributed by atoms with van der Waals surface area (Å²) in [5, 5.41) is 1.71. The molecule has 0 unspecified atom stereocenters. The predicted molar refractivity (Wildman–Crippen MR) is 101 cm³/mol. The molecular formula is C19H32ClPPd. The van der Waals surface area contributed by atoms with E-state index in [1.165, 1.54) is 10.9 Å². The average Bonchev–Trinajstić information content (AvgIpc) is 2.25. The second kappa shape index (κ2) is 7.23. The Balaban J connectivity index is 0.00000441. The normalized spacial score (nSPS) is 13.7. The minimum atomic E-state index is -1.65. The molecule has 22 heavy (non-hydrogen) atoms. The van der Waals surface area contributed by atoms with Crippen LogP contribution in [0.25, 0.3) is 0 Å². The molecule has 1 aromatic rings. The first-order valence-corrected chi connectivity index (χ1v) is 10.0. The molecule has 0 bridgehead atoms. The summed E-state index contributed by atoms with van der Waals surface area (Å²) in [6.45, 7) is 20.8. The van der Waals surface area contributed by atoms with Gasteiger partial charge in [0, 0.05) is 20.4 Å². The van der Waals surface area contributed by atoms with Crippen molar-refractivity contribution in [3.63, 3.8) is 0 Å². The summed E-state index contributed by atoms with van der Waals surface area (Å²) >= 11 is 6.52. The topological polar surface area (TPSA) is 0 Å². The van der Waals surface area contributed by atoms with E-state index in [1.54, 1.807) is 0 Å². The second-order valence-electron chi connectivity index (χ2n) is 8.96. The van der Waals surface area contributed by atoms with Crippen molar-refractivity contribution in [1.82, 2.24) is 0 Å². The molecule has 0 atom stereocenters. The standard InChI is InChI=1S/C19H32ClP.Pd/c1-17(2,3)15-11-10-12-16(13-15)21(14-20,18(4,5)6)19(7,8)9;/h10-14H,1-9H3;. The quantitative estimate of drug-likeness (QED) is 0.281. The van der Waals surface area contributed by atoms with Crippen LogP contribution in [0.4, 0.5) is 0 Å². The first-order chi connectivity index (χ1) is 9.27. The molecule has 0 saturated carbocycles. The Morgan fingerprint density at radius 1 is 0.864 bits per heavy atom. The zero-order valence-corrected chi connectivity index (χ0v) is 18.7. The zero-order valence-electron chi connectivity index (χ0n) is 15.5. The van der Waals surface area contributed by atoms with Gasteiger partial charge in [0.05, 0.1) is 15.6 Å². The fourth-order valence-corrected chi connectivity index (χ4v) is 10.3. The van der Waals surface area contributed by atoms with Crippen molar-refractivity contribution in [2.45, 2.75) is 78.0 Å². The SMILES string of the molecule is CC(C)(C)c1cccc([P+]([CH-]Cl)(C(C)(C)C)C(C)(C)C)c1.[Pd]. The third-order valence-electron chi connectivity index (χ3n) is 4.38. The first-order valence-electron chi connectivity index (χ1n) is 7.72. The van der Waals surface area contributed by atoms with Crippen LogP contribution >= 0.6 is 18.9 Å². The van der Waals surface area contributed by atoms with Crippen LogP contribution in [-0.2, 0) is 25.8 Å². The fraction of sp³-hybridized carbons (Fsp3) is 0.632. The average molecular weight is 433 g/mol. The van der Waals surface area contributed by atoms with Gasteiger partial charge in [0.25, 0.3) is 0 Å². The second-order valence-corrected chi connectivity index (χ2v) is 14.4. The minimum Gasteiger partial charge on any atom is -0.304 e. The predicted octanol–water partition coefficient (Wildman–Crippen LogP) is 6.58. The molecule has 0 saturated heterocycles. The Morgan fingerprint density at radius 3 is 1.64 bits per heavy atom. The van der Waals surface area contributed by atoms with Gasteiger partial charge in [-0.05, 0) is 64.7 Å². The molecule has 0 fully saturated rings. The maximum Gasteiger partial charge on any atom is 0.0672 e. The minimum absolute atomic E-state index is 0. The monoisotopic (exact) mass is 432 g/mol. The van der Waals surface area contributed by atoms with E-state index in [9.17, 15) is 0 Å². The molecule has 0 aliphatic heterocycles. The van der Waals surface area contributed by atoms with E-state index in [2.05, 4.69) is 86.6 Å². The van der Waals surface area contributed by atoms with Gasteiger partial charge in [0.1, 0.15) is 0 Å². The van der Waals surface area contributed by atoms with Crippen LogP contribution in [0.1, 0.15) is 67.9 Å². The van der Waals surface area contributed by atoms with Crippen molar-refractivity contribution in [2.75, 3.05) is 0 Å². The largest absolute Gasteiger partial charge is 0.304 e. The zero-order chi connectivity index (χ0) is 16.7. The van der Waals surface area contributed by atoms with Gasteiger partial charge in [-0.15, -0.1) is 0 Å². The molecule has 0 spiro atoms. The van der Waals surface area contributed by atoms with Crippen LogP contribution in [0.15, 0.2) is 24.3 Å². The number of hydrogen-bond donors (Lipinski definition) is 0. The summed E-state index contributed by atoms with van der Waals surface area (Å²) in [5.41, 5.74) is 3.55. The van der Waals surface area contributed by atoms with E-state index in [-0.39, 0.29) is 36.1 Å². The molecule has 0 radical (unpaired) electrons. The van der Waals surface area contributed by atoms with E-state index >= 15 is 0 Å². The molecule has 0 aromatic heterocycles. The molecule has 0 nitrogen and oxygen atoms in total. The van der Waals surface area contributed by atoms with Gasteiger partial charge in [0.15, 0.2) is 0 Å². The first kappa shape index (κ1) is 22.6. The van der Waals surface area contributed by atoms with Crippen LogP contribution in [0.2, 0.25) is 0 Å². The number of hydrogen-bond acceptors (Lipinski definition) is 0. The van der Waals surface area contributed by atoms with Crippen LogP contribution in [0.5, 0.6) is 0 Å². The van der Waals surface area contributed by atoms with Gasteiger partial charge in [-0.25, -0.2) is 0 Å². The Bertz CT molecular complexity index is 475. The van der Waals surface area contributed by atoms with Crippen molar-refractivity contribution >= 4 is 24.2 Å². The van der Waals surface area contributed by atoms with Gasteiger partial charge < -0.3 is 11.6 Å². The van der Waals surface area contributed by atoms with Crippen molar-refractivity contribution in [2.24, 2.45) is 0 Å². The van der Waals surface area contributed by atoms with E-state index in [0.717, 1.165) is 0 Å². The van der Waals surface area contributed by atoms with Gasteiger partial charge >= 0.3 is 0 Å². The maximum absolute atomic E-state index is 6.52. The molecule has 1 rings (SSSR count). The van der Waals surface area contributed by atoms with E-state index in [4.69, 9.17) is 11.6 Å². The van der Waals surface area contributed by atoms with E-state index in [1.807, 2.05) is 5.62 Å². The van der Waals surface area contributed by atoms with Gasteiger partial charge in [-0.2, -0.15) is 0 Å². The maximum atomic E-state index is 6.52. The number of halogens is 1. The summed E-state index contributed by atoms with van der Waals surface area (Å²) in [4.78, 5) is 0. The van der Waals surface area contributed by atoms with Crippen LogP contribution < -0.4 is 5.30 Å². The molecule has 0 aliphatic rings. The third kappa shape index (κ3) is 4.16. The molecule has 0 N–H and O–H groups in total.